The van der Waals surface area contributed by atoms with Crippen molar-refractivity contribution in [2.45, 2.75) is 12.8 Å². The molecule has 0 aromatic heterocycles. The van der Waals surface area contributed by atoms with E-state index < -0.39 is 11.9 Å². The topological polar surface area (TPSA) is 55.4 Å². The molecule has 1 amide bonds. The van der Waals surface area contributed by atoms with E-state index in [1.807, 2.05) is 30.3 Å². The molecule has 0 atom stereocenters. The van der Waals surface area contributed by atoms with Crippen LogP contribution in [0.5, 0.6) is 0 Å². The van der Waals surface area contributed by atoms with Crippen molar-refractivity contribution in [3.8, 4) is 0 Å². The van der Waals surface area contributed by atoms with Crippen molar-refractivity contribution in [3.05, 3.63) is 65.2 Å². The lowest BCUT2D eigenvalue weighted by Crippen LogP contribution is -2.21. The number of carbonyl (C=O) groups is 2. The summed E-state index contributed by atoms with van der Waals surface area (Å²) in [5.41, 5.74) is 1.63. The molecule has 5 heteroatoms. The van der Waals surface area contributed by atoms with Crippen LogP contribution in [0.4, 0.5) is 5.69 Å². The Balaban J connectivity index is 1.70. The van der Waals surface area contributed by atoms with Crippen LogP contribution >= 0.6 is 11.6 Å². The highest BCUT2D eigenvalue weighted by atomic mass is 35.5. The monoisotopic (exact) mass is 317 g/mol. The molecule has 0 fully saturated rings. The summed E-state index contributed by atoms with van der Waals surface area (Å²) < 4.78 is 4.94. The van der Waals surface area contributed by atoms with Crippen molar-refractivity contribution in [2.75, 3.05) is 11.9 Å². The van der Waals surface area contributed by atoms with E-state index in [0.717, 1.165) is 5.56 Å². The molecule has 0 bridgehead atoms. The molecule has 22 heavy (non-hydrogen) atoms. The smallest absolute Gasteiger partial charge is 0.306 e. The van der Waals surface area contributed by atoms with Gasteiger partial charge in [-0.2, -0.15) is 0 Å². The van der Waals surface area contributed by atoms with Gasteiger partial charge in [0.05, 0.1) is 0 Å². The van der Waals surface area contributed by atoms with Gasteiger partial charge in [0, 0.05) is 17.1 Å². The number of halogens is 1. The van der Waals surface area contributed by atoms with Crippen molar-refractivity contribution >= 4 is 29.2 Å². The molecular weight excluding hydrogens is 302 g/mol. The molecule has 0 radical (unpaired) electrons. The molecule has 0 aliphatic carbocycles. The molecule has 0 unspecified atom stereocenters. The van der Waals surface area contributed by atoms with Crippen LogP contribution < -0.4 is 5.32 Å². The third-order valence-electron chi connectivity index (χ3n) is 2.93. The maximum atomic E-state index is 11.7. The van der Waals surface area contributed by atoms with Crippen molar-refractivity contribution in [1.82, 2.24) is 0 Å². The molecule has 2 aromatic carbocycles. The molecule has 1 N–H and O–H groups in total. The number of amides is 1. The first-order valence-electron chi connectivity index (χ1n) is 6.88. The van der Waals surface area contributed by atoms with Crippen LogP contribution in [0.15, 0.2) is 54.6 Å². The number of hydrogen-bond acceptors (Lipinski definition) is 3. The molecule has 2 rings (SSSR count). The summed E-state index contributed by atoms with van der Waals surface area (Å²) >= 11 is 5.82. The molecule has 2 aromatic rings. The minimum absolute atomic E-state index is 0.245. The van der Waals surface area contributed by atoms with Crippen molar-refractivity contribution in [3.63, 3.8) is 0 Å². The highest BCUT2D eigenvalue weighted by molar-refractivity contribution is 6.30. The van der Waals surface area contributed by atoms with Crippen LogP contribution in [-0.2, 0) is 20.7 Å². The summed E-state index contributed by atoms with van der Waals surface area (Å²) in [7, 11) is 0. The van der Waals surface area contributed by atoms with E-state index in [1.54, 1.807) is 24.3 Å². The van der Waals surface area contributed by atoms with Crippen LogP contribution in [0, 0.1) is 0 Å². The third-order valence-corrected chi connectivity index (χ3v) is 3.17. The van der Waals surface area contributed by atoms with Crippen LogP contribution in [0.2, 0.25) is 5.02 Å². The summed E-state index contributed by atoms with van der Waals surface area (Å²) in [4.78, 5) is 23.3. The predicted octanol–water partition coefficient (Wildman–Crippen LogP) is 3.45. The van der Waals surface area contributed by atoms with Gasteiger partial charge in [-0.25, -0.2) is 0 Å². The quantitative estimate of drug-likeness (QED) is 0.830. The standard InChI is InChI=1S/C17H16ClNO3/c18-14-7-4-8-15(11-14)19-16(20)12-22-17(21)10-9-13-5-2-1-3-6-13/h1-8,11H,9-10,12H2,(H,19,20). The second-order valence-electron chi connectivity index (χ2n) is 4.70. The summed E-state index contributed by atoms with van der Waals surface area (Å²) in [6, 6.07) is 16.4. The zero-order valence-electron chi connectivity index (χ0n) is 11.9. The Kier molecular flexibility index (Phi) is 5.98. The molecule has 0 aliphatic rings. The minimum Gasteiger partial charge on any atom is -0.456 e. The lowest BCUT2D eigenvalue weighted by atomic mass is 10.1. The molecule has 0 saturated carbocycles. The Morgan fingerprint density at radius 2 is 1.82 bits per heavy atom. The Labute approximate surface area is 134 Å². The summed E-state index contributed by atoms with van der Waals surface area (Å²) in [5, 5.41) is 3.14. The van der Waals surface area contributed by atoms with E-state index in [9.17, 15) is 9.59 Å². The Bertz CT molecular complexity index is 643. The van der Waals surface area contributed by atoms with E-state index in [4.69, 9.17) is 16.3 Å². The van der Waals surface area contributed by atoms with Crippen LogP contribution in [0.1, 0.15) is 12.0 Å². The SMILES string of the molecule is O=C(COC(=O)CCc1ccccc1)Nc1cccc(Cl)c1. The summed E-state index contributed by atoms with van der Waals surface area (Å²) in [6.45, 7) is -0.305. The van der Waals surface area contributed by atoms with E-state index in [-0.39, 0.29) is 13.0 Å². The first kappa shape index (κ1) is 16.0. The van der Waals surface area contributed by atoms with Gasteiger partial charge in [-0.05, 0) is 30.2 Å². The molecular formula is C17H16ClNO3. The van der Waals surface area contributed by atoms with Crippen molar-refractivity contribution in [2.24, 2.45) is 0 Å². The average molecular weight is 318 g/mol. The first-order chi connectivity index (χ1) is 10.6. The second kappa shape index (κ2) is 8.20. The number of nitrogens with one attached hydrogen (secondary N) is 1. The highest BCUT2D eigenvalue weighted by Crippen LogP contribution is 2.14. The third kappa shape index (κ3) is 5.58. The van der Waals surface area contributed by atoms with Crippen LogP contribution in [0.25, 0.3) is 0 Å². The number of carbonyl (C=O) groups excluding carboxylic acids is 2. The first-order valence-corrected chi connectivity index (χ1v) is 7.26. The molecule has 0 aliphatic heterocycles. The molecule has 114 valence electrons. The maximum absolute atomic E-state index is 11.7. The van der Waals surface area contributed by atoms with Gasteiger partial charge in [-0.3, -0.25) is 9.59 Å². The predicted molar refractivity (Wildman–Crippen MR) is 85.8 cm³/mol. The van der Waals surface area contributed by atoms with Crippen LogP contribution in [-0.4, -0.2) is 18.5 Å². The number of hydrogen-bond donors (Lipinski definition) is 1. The Hall–Kier alpha value is -2.33. The zero-order valence-corrected chi connectivity index (χ0v) is 12.7. The van der Waals surface area contributed by atoms with Gasteiger partial charge < -0.3 is 10.1 Å². The van der Waals surface area contributed by atoms with Gasteiger partial charge in [0.2, 0.25) is 0 Å². The maximum Gasteiger partial charge on any atom is 0.306 e. The van der Waals surface area contributed by atoms with Gasteiger partial charge in [0.25, 0.3) is 5.91 Å². The largest absolute Gasteiger partial charge is 0.456 e. The fourth-order valence-corrected chi connectivity index (χ4v) is 2.06. The molecule has 4 nitrogen and oxygen atoms in total. The number of ether oxygens (including phenoxy) is 1. The van der Waals surface area contributed by atoms with Gasteiger partial charge in [0.1, 0.15) is 0 Å². The average Bonchev–Trinajstić information content (AvgIpc) is 2.52. The van der Waals surface area contributed by atoms with E-state index in [2.05, 4.69) is 5.32 Å². The number of esters is 1. The van der Waals surface area contributed by atoms with Crippen molar-refractivity contribution in [1.29, 1.82) is 0 Å². The summed E-state index contributed by atoms with van der Waals surface area (Å²) in [5.74, 6) is -0.791. The lowest BCUT2D eigenvalue weighted by Gasteiger charge is -2.07. The molecule has 0 saturated heterocycles. The fraction of sp³-hybridized carbons (Fsp3) is 0.176. The zero-order chi connectivity index (χ0) is 15.8. The number of rotatable bonds is 6. The van der Waals surface area contributed by atoms with Gasteiger partial charge in [-0.1, -0.05) is 48.0 Å². The van der Waals surface area contributed by atoms with E-state index in [0.29, 0.717) is 17.1 Å². The van der Waals surface area contributed by atoms with Crippen molar-refractivity contribution < 1.29 is 14.3 Å². The second-order valence-corrected chi connectivity index (χ2v) is 5.14. The van der Waals surface area contributed by atoms with E-state index >= 15 is 0 Å². The lowest BCUT2D eigenvalue weighted by molar-refractivity contribution is -0.147. The minimum atomic E-state index is -0.398. The van der Waals surface area contributed by atoms with Crippen LogP contribution in [0.3, 0.4) is 0 Å². The highest BCUT2D eigenvalue weighted by Gasteiger charge is 2.08. The molecule has 0 spiro atoms. The van der Waals surface area contributed by atoms with Gasteiger partial charge >= 0.3 is 5.97 Å². The number of aryl methyl sites for hydroxylation is 1. The number of benzene rings is 2. The Morgan fingerprint density at radius 3 is 2.55 bits per heavy atom. The summed E-state index contributed by atoms with van der Waals surface area (Å²) in [6.07, 6.45) is 0.837. The number of anilines is 1. The van der Waals surface area contributed by atoms with Gasteiger partial charge in [0.15, 0.2) is 6.61 Å². The van der Waals surface area contributed by atoms with Gasteiger partial charge in [-0.15, -0.1) is 0 Å². The molecule has 0 heterocycles. The van der Waals surface area contributed by atoms with E-state index in [1.165, 1.54) is 0 Å². The Morgan fingerprint density at radius 1 is 1.05 bits per heavy atom. The normalized spacial score (nSPS) is 10.0. The fourth-order valence-electron chi connectivity index (χ4n) is 1.87.